The van der Waals surface area contributed by atoms with Crippen LogP contribution in [0.25, 0.3) is 5.57 Å². The third kappa shape index (κ3) is 33.9. The summed E-state index contributed by atoms with van der Waals surface area (Å²) in [5.41, 5.74) is 6.23. The first-order valence-corrected chi connectivity index (χ1v) is 30.3. The van der Waals surface area contributed by atoms with E-state index in [4.69, 9.17) is 57.1 Å². The maximum atomic E-state index is 13.9. The number of ether oxygens (including phenoxy) is 11. The third-order valence-corrected chi connectivity index (χ3v) is 13.3. The first-order valence-electron chi connectivity index (χ1n) is 30.3. The van der Waals surface area contributed by atoms with Gasteiger partial charge in [0.05, 0.1) is 149 Å². The number of nitrogens with one attached hydrogen (secondary N) is 2. The van der Waals surface area contributed by atoms with Gasteiger partial charge >= 0.3 is 0 Å². The maximum Gasteiger partial charge on any atom is 0.252 e. The number of amides is 2. The summed E-state index contributed by atoms with van der Waals surface area (Å²) in [6.45, 7) is 29.0. The molecule has 3 rings (SSSR count). The molecule has 1 aromatic heterocycles. The molecule has 1 aliphatic carbocycles. The van der Waals surface area contributed by atoms with E-state index in [1.54, 1.807) is 37.5 Å². The number of carbonyl (C=O) groups is 2. The van der Waals surface area contributed by atoms with Gasteiger partial charge in [0.1, 0.15) is 11.4 Å². The highest BCUT2D eigenvalue weighted by atomic mass is 16.6. The van der Waals surface area contributed by atoms with Crippen LogP contribution in [-0.4, -0.2) is 223 Å². The number of methoxy groups -OCH3 is 1. The molecular formula is C65H103N6O14+. The van der Waals surface area contributed by atoms with E-state index in [1.165, 1.54) is 0 Å². The topological polar surface area (TPSA) is 199 Å². The van der Waals surface area contributed by atoms with Crippen molar-refractivity contribution in [3.63, 3.8) is 0 Å². The second kappa shape index (κ2) is 47.6. The molecule has 0 aliphatic heterocycles. The van der Waals surface area contributed by atoms with Gasteiger partial charge in [-0.25, -0.2) is 0 Å². The van der Waals surface area contributed by atoms with Crippen LogP contribution >= 0.6 is 0 Å². The van der Waals surface area contributed by atoms with Crippen LogP contribution in [0.3, 0.4) is 0 Å². The molecule has 0 fully saturated rings. The molecule has 1 aromatic carbocycles. The van der Waals surface area contributed by atoms with Gasteiger partial charge < -0.3 is 67.6 Å². The Bertz CT molecular complexity index is 2320. The van der Waals surface area contributed by atoms with E-state index in [0.717, 1.165) is 71.6 Å². The van der Waals surface area contributed by atoms with Crippen LogP contribution in [-0.2, 0) is 58.5 Å². The number of nitroso groups, excluding NO2 is 1. The molecule has 3 atom stereocenters. The maximum absolute atomic E-state index is 13.9. The number of aromatic nitrogens is 1. The summed E-state index contributed by atoms with van der Waals surface area (Å²) in [5.74, 6) is -0.130. The molecule has 476 valence electrons. The van der Waals surface area contributed by atoms with Gasteiger partial charge in [0, 0.05) is 81.9 Å². The van der Waals surface area contributed by atoms with Gasteiger partial charge in [-0.05, 0) is 100 Å². The van der Waals surface area contributed by atoms with Crippen molar-refractivity contribution in [2.45, 2.75) is 79.3 Å². The molecule has 0 bridgehead atoms. The zero-order valence-electron chi connectivity index (χ0n) is 52.5. The average molecular weight is 1190 g/mol. The smallest absolute Gasteiger partial charge is 0.252 e. The molecule has 0 saturated heterocycles. The minimum atomic E-state index is -0.519. The molecule has 1 heterocycles. The van der Waals surface area contributed by atoms with Crippen LogP contribution in [0, 0.1) is 10.8 Å². The highest BCUT2D eigenvalue weighted by molar-refractivity contribution is 5.97. The lowest BCUT2D eigenvalue weighted by atomic mass is 9.99. The minimum Gasteiger partial charge on any atom is -0.382 e. The Morgan fingerprint density at radius 2 is 1.27 bits per heavy atom. The Kier molecular flexibility index (Phi) is 41.3. The second-order valence-electron chi connectivity index (χ2n) is 20.5. The van der Waals surface area contributed by atoms with Crippen LogP contribution in [0.5, 0.6) is 0 Å². The Morgan fingerprint density at radius 1 is 0.729 bits per heavy atom. The number of aryl methyl sites for hydroxylation is 1. The zero-order chi connectivity index (χ0) is 61.5. The quantitative estimate of drug-likeness (QED) is 0.0279. The van der Waals surface area contributed by atoms with Crippen LogP contribution in [0.2, 0.25) is 0 Å². The van der Waals surface area contributed by atoms with Crippen molar-refractivity contribution in [1.82, 2.24) is 25.5 Å². The zero-order valence-corrected chi connectivity index (χ0v) is 52.5. The van der Waals surface area contributed by atoms with Gasteiger partial charge in [-0.1, -0.05) is 61.6 Å². The minimum absolute atomic E-state index is 0.177. The molecule has 2 aromatic rings. The van der Waals surface area contributed by atoms with Crippen LogP contribution < -0.4 is 10.6 Å². The summed E-state index contributed by atoms with van der Waals surface area (Å²) in [6.07, 6.45) is 18.6. The number of hydrazine groups is 1. The molecule has 3 unspecified atom stereocenters. The van der Waals surface area contributed by atoms with Crippen molar-refractivity contribution in [1.29, 1.82) is 0 Å². The molecule has 85 heavy (non-hydrogen) atoms. The summed E-state index contributed by atoms with van der Waals surface area (Å²) in [4.78, 5) is 48.2. The summed E-state index contributed by atoms with van der Waals surface area (Å²) >= 11 is 0. The number of hydrogen-bond donors (Lipinski definition) is 2. The van der Waals surface area contributed by atoms with Gasteiger partial charge in [-0.15, -0.1) is 5.01 Å². The fourth-order valence-corrected chi connectivity index (χ4v) is 8.80. The van der Waals surface area contributed by atoms with Crippen molar-refractivity contribution in [2.75, 3.05) is 179 Å². The van der Waals surface area contributed by atoms with E-state index in [9.17, 15) is 14.5 Å². The first-order chi connectivity index (χ1) is 41.4. The average Bonchev–Trinajstić information content (AvgIpc) is 3.77. The first kappa shape index (κ1) is 73.8. The van der Waals surface area contributed by atoms with E-state index < -0.39 is 6.04 Å². The normalized spacial score (nSPS) is 14.2. The van der Waals surface area contributed by atoms with Gasteiger partial charge in [0.25, 0.3) is 11.8 Å². The number of carbonyl (C=O) groups excluding carboxylic acids is 2. The Balaban J connectivity index is 1.21. The Hall–Kier alpha value is -5.49. The van der Waals surface area contributed by atoms with Gasteiger partial charge in [0.15, 0.2) is 0 Å². The molecule has 2 N–H and O–H groups in total. The summed E-state index contributed by atoms with van der Waals surface area (Å²) in [5, 5.41) is 7.91. The Morgan fingerprint density at radius 3 is 1.82 bits per heavy atom. The van der Waals surface area contributed by atoms with E-state index in [2.05, 4.69) is 49.0 Å². The lowest BCUT2D eigenvalue weighted by Gasteiger charge is -2.24. The van der Waals surface area contributed by atoms with Crippen LogP contribution in [0.15, 0.2) is 109 Å². The van der Waals surface area contributed by atoms with Gasteiger partial charge in [-0.3, -0.25) is 14.6 Å². The third-order valence-electron chi connectivity index (χ3n) is 13.3. The number of benzene rings is 1. The lowest BCUT2D eigenvalue weighted by molar-refractivity contribution is -0.728. The standard InChI is InChI=1S/C65H102N6O14/c1-10-16-57(47-53(4)5)52-67-64(72)59-22-24-66-63(50-59)61-51-60(70(11-2)12-3)20-14-21-62(61)68-65(73)58-19-13-17-56(49-58)18-15-26-76-31-34-80-39-40-81-35-32-77-27-23-54(6)48-55(7)71(74)69(8)25-28-78-33-36-82-41-42-84-45-46-85-44-43-83-38-37-79-30-29-75-9/h10,13-14,16-17,19-22,24,47,49-51,54-55,62H,4,11-12,15,18,23,25-46,48,52H2,1-3,5-9H3,(H-,67,68,72,73)/p+1. The predicted molar refractivity (Wildman–Crippen MR) is 333 cm³/mol. The highest BCUT2D eigenvalue weighted by Crippen LogP contribution is 2.26. The van der Waals surface area contributed by atoms with Crippen molar-refractivity contribution in [2.24, 2.45) is 5.92 Å². The number of likely N-dealkylation sites (N-methyl/N-ethyl adjacent to an activating group) is 2. The van der Waals surface area contributed by atoms with E-state index in [1.807, 2.05) is 81.5 Å². The van der Waals surface area contributed by atoms with Gasteiger partial charge in [-0.2, -0.15) is 0 Å². The van der Waals surface area contributed by atoms with Crippen LogP contribution in [0.4, 0.5) is 0 Å². The van der Waals surface area contributed by atoms with E-state index in [0.29, 0.717) is 175 Å². The monoisotopic (exact) mass is 1190 g/mol. The fraction of sp³-hybridized carbons (Fsp3) is 0.615. The van der Waals surface area contributed by atoms with E-state index >= 15 is 0 Å². The van der Waals surface area contributed by atoms with Crippen molar-refractivity contribution in [3.8, 4) is 0 Å². The molecule has 20 heteroatoms. The summed E-state index contributed by atoms with van der Waals surface area (Å²) < 4.78 is 60.9. The molecule has 0 spiro atoms. The van der Waals surface area contributed by atoms with Crippen molar-refractivity contribution < 1.29 is 66.6 Å². The predicted octanol–water partition coefficient (Wildman–Crippen LogP) is 8.04. The molecule has 0 saturated carbocycles. The highest BCUT2D eigenvalue weighted by Gasteiger charge is 2.27. The summed E-state index contributed by atoms with van der Waals surface area (Å²) in [6, 6.07) is 10.4. The number of allylic oxidation sites excluding steroid dienone is 6. The van der Waals surface area contributed by atoms with Crippen LogP contribution in [0.1, 0.15) is 92.8 Å². The number of pyridine rings is 1. The van der Waals surface area contributed by atoms with Crippen molar-refractivity contribution in [3.05, 3.63) is 136 Å². The molecule has 1 aliphatic rings. The SMILES string of the molecule is C=C(C)C=C(C=CC)CNC(=O)c1ccnc(C2=CC(N(CC)CC)=CC=CC2NC(=O)c2cccc(CCCOCCOCCOCCOCCC(C)CC(C)[N+](=O)N(C)CCOCCOCCOCCOCCOCCOCCOC)c2)c1. The van der Waals surface area contributed by atoms with E-state index in [-0.39, 0.29) is 17.9 Å². The lowest BCUT2D eigenvalue weighted by Crippen LogP contribution is -2.38. The molecule has 0 radical (unpaired) electrons. The number of nitrogens with zero attached hydrogens (tertiary/aromatic N) is 4. The largest absolute Gasteiger partial charge is 0.382 e. The number of rotatable bonds is 52. The number of hydrogen-bond acceptors (Lipinski definition) is 16. The molecular weight excluding hydrogens is 1090 g/mol. The summed E-state index contributed by atoms with van der Waals surface area (Å²) in [7, 11) is 3.42. The molecule has 2 amide bonds. The second-order valence-corrected chi connectivity index (χ2v) is 20.5. The fourth-order valence-electron chi connectivity index (χ4n) is 8.80. The van der Waals surface area contributed by atoms with Gasteiger partial charge in [0.2, 0.25) is 6.04 Å². The molecule has 20 nitrogen and oxygen atoms in total. The Labute approximate surface area is 507 Å². The van der Waals surface area contributed by atoms with Crippen molar-refractivity contribution >= 4 is 17.4 Å².